The van der Waals surface area contributed by atoms with Crippen LogP contribution >= 0.6 is 11.8 Å². The van der Waals surface area contributed by atoms with Gasteiger partial charge in [0.15, 0.2) is 11.6 Å². The minimum absolute atomic E-state index is 0.160. The molecule has 0 N–H and O–H groups in total. The summed E-state index contributed by atoms with van der Waals surface area (Å²) >= 11 is 1.73. The lowest BCUT2D eigenvalue weighted by molar-refractivity contribution is 0.0986. The number of thioether (sulfide) groups is 1. The van der Waals surface area contributed by atoms with E-state index in [1.807, 2.05) is 24.3 Å². The van der Waals surface area contributed by atoms with E-state index < -0.39 is 11.6 Å². The molecule has 0 saturated carbocycles. The van der Waals surface area contributed by atoms with Crippen molar-refractivity contribution >= 4 is 23.4 Å². The Balaban J connectivity index is 1.99. The van der Waals surface area contributed by atoms with Crippen LogP contribution in [0.1, 0.15) is 23.7 Å². The number of anilines is 1. The first kappa shape index (κ1) is 15.0. The van der Waals surface area contributed by atoms with Gasteiger partial charge in [-0.15, -0.1) is 11.8 Å². The van der Waals surface area contributed by atoms with E-state index in [0.717, 1.165) is 29.1 Å². The molecule has 1 heterocycles. The highest BCUT2D eigenvalue weighted by Crippen LogP contribution is 2.37. The molecule has 2 nitrogen and oxygen atoms in total. The number of nitrogens with zero attached hydrogens (tertiary/aromatic N) is 1. The molecule has 1 unspecified atom stereocenters. The maximum atomic E-state index is 13.4. The van der Waals surface area contributed by atoms with Crippen molar-refractivity contribution in [2.45, 2.75) is 23.5 Å². The van der Waals surface area contributed by atoms with E-state index >= 15 is 0 Å². The van der Waals surface area contributed by atoms with Crippen molar-refractivity contribution in [3.05, 3.63) is 59.7 Å². The number of benzene rings is 2. The molecule has 3 rings (SSSR count). The summed E-state index contributed by atoms with van der Waals surface area (Å²) in [7, 11) is 0. The standard InChI is InChI=1S/C17H15F2NOS/c1-11-8-9-20(15-4-2-3-5-16(15)22-11)17(21)12-6-7-13(18)14(19)10-12/h2-7,10-11H,8-9H2,1H3. The quantitative estimate of drug-likeness (QED) is 0.771. The lowest BCUT2D eigenvalue weighted by Gasteiger charge is -2.22. The number of hydrogen-bond donors (Lipinski definition) is 0. The summed E-state index contributed by atoms with van der Waals surface area (Å²) in [6.45, 7) is 2.68. The minimum atomic E-state index is -1.00. The Labute approximate surface area is 132 Å². The van der Waals surface area contributed by atoms with Gasteiger partial charge in [0.1, 0.15) is 0 Å². The van der Waals surface area contributed by atoms with Crippen molar-refractivity contribution in [1.82, 2.24) is 0 Å². The van der Waals surface area contributed by atoms with E-state index in [4.69, 9.17) is 0 Å². The molecule has 114 valence electrons. The van der Waals surface area contributed by atoms with Crippen LogP contribution in [-0.4, -0.2) is 17.7 Å². The molecule has 0 radical (unpaired) electrons. The van der Waals surface area contributed by atoms with E-state index in [-0.39, 0.29) is 11.5 Å². The second-order valence-corrected chi connectivity index (χ2v) is 6.75. The first-order valence-electron chi connectivity index (χ1n) is 7.09. The smallest absolute Gasteiger partial charge is 0.258 e. The predicted molar refractivity (Wildman–Crippen MR) is 84.4 cm³/mol. The topological polar surface area (TPSA) is 20.3 Å². The molecule has 0 aromatic heterocycles. The Hall–Kier alpha value is -1.88. The van der Waals surface area contributed by atoms with Crippen LogP contribution in [0.3, 0.4) is 0 Å². The van der Waals surface area contributed by atoms with Gasteiger partial charge < -0.3 is 4.90 Å². The summed E-state index contributed by atoms with van der Waals surface area (Å²) in [5.74, 6) is -2.25. The monoisotopic (exact) mass is 319 g/mol. The van der Waals surface area contributed by atoms with Crippen molar-refractivity contribution in [3.63, 3.8) is 0 Å². The lowest BCUT2D eigenvalue weighted by Crippen LogP contribution is -2.32. The molecule has 0 spiro atoms. The zero-order chi connectivity index (χ0) is 15.7. The van der Waals surface area contributed by atoms with Crippen LogP contribution in [0.15, 0.2) is 47.4 Å². The molecule has 0 aliphatic carbocycles. The highest BCUT2D eigenvalue weighted by atomic mass is 32.2. The second-order valence-electron chi connectivity index (χ2n) is 5.27. The van der Waals surface area contributed by atoms with Gasteiger partial charge in [0.2, 0.25) is 0 Å². The third kappa shape index (κ3) is 2.86. The van der Waals surface area contributed by atoms with Gasteiger partial charge in [-0.1, -0.05) is 19.1 Å². The summed E-state index contributed by atoms with van der Waals surface area (Å²) in [4.78, 5) is 15.4. The predicted octanol–water partition coefficient (Wildman–Crippen LogP) is 4.50. The van der Waals surface area contributed by atoms with Gasteiger partial charge in [0.05, 0.1) is 5.69 Å². The highest BCUT2D eigenvalue weighted by molar-refractivity contribution is 8.00. The molecule has 2 aromatic carbocycles. The Morgan fingerprint density at radius 3 is 2.73 bits per heavy atom. The van der Waals surface area contributed by atoms with Crippen LogP contribution in [0.2, 0.25) is 0 Å². The van der Waals surface area contributed by atoms with E-state index in [9.17, 15) is 13.6 Å². The summed E-state index contributed by atoms with van der Waals surface area (Å²) in [5, 5.41) is 0.393. The average molecular weight is 319 g/mol. The number of rotatable bonds is 1. The zero-order valence-electron chi connectivity index (χ0n) is 12.1. The van der Waals surface area contributed by atoms with Crippen molar-refractivity contribution in [2.24, 2.45) is 0 Å². The molecule has 0 bridgehead atoms. The number of amides is 1. The zero-order valence-corrected chi connectivity index (χ0v) is 12.9. The molecule has 1 aliphatic heterocycles. The second kappa shape index (κ2) is 6.08. The molecule has 2 aromatic rings. The number of carbonyl (C=O) groups excluding carboxylic acids is 1. The molecule has 1 atom stereocenters. The summed E-state index contributed by atoms with van der Waals surface area (Å²) in [5.41, 5.74) is 0.986. The van der Waals surface area contributed by atoms with Gasteiger partial charge in [-0.25, -0.2) is 8.78 Å². The van der Waals surface area contributed by atoms with Crippen molar-refractivity contribution in [3.8, 4) is 0 Å². The molecule has 1 amide bonds. The van der Waals surface area contributed by atoms with Crippen LogP contribution < -0.4 is 4.90 Å². The van der Waals surface area contributed by atoms with E-state index in [2.05, 4.69) is 6.92 Å². The molecule has 0 saturated heterocycles. The van der Waals surface area contributed by atoms with E-state index in [1.54, 1.807) is 16.7 Å². The summed E-state index contributed by atoms with van der Waals surface area (Å²) < 4.78 is 26.5. The highest BCUT2D eigenvalue weighted by Gasteiger charge is 2.25. The van der Waals surface area contributed by atoms with Crippen LogP contribution in [0.5, 0.6) is 0 Å². The molecule has 5 heteroatoms. The fourth-order valence-electron chi connectivity index (χ4n) is 2.48. The summed E-state index contributed by atoms with van der Waals surface area (Å²) in [6, 6.07) is 11.0. The van der Waals surface area contributed by atoms with Gasteiger partial charge in [-0.05, 0) is 36.8 Å². The Morgan fingerprint density at radius 2 is 1.95 bits per heavy atom. The van der Waals surface area contributed by atoms with Crippen molar-refractivity contribution in [1.29, 1.82) is 0 Å². The number of fused-ring (bicyclic) bond motifs is 1. The first-order chi connectivity index (χ1) is 10.6. The number of hydrogen-bond acceptors (Lipinski definition) is 2. The van der Waals surface area contributed by atoms with Gasteiger partial charge in [0.25, 0.3) is 5.91 Å². The maximum Gasteiger partial charge on any atom is 0.258 e. The van der Waals surface area contributed by atoms with Crippen molar-refractivity contribution in [2.75, 3.05) is 11.4 Å². The Kier molecular flexibility index (Phi) is 4.16. The fraction of sp³-hybridized carbons (Fsp3) is 0.235. The van der Waals surface area contributed by atoms with Crippen molar-refractivity contribution < 1.29 is 13.6 Å². The molecule has 22 heavy (non-hydrogen) atoms. The molecular formula is C17H15F2NOS. The Morgan fingerprint density at radius 1 is 1.18 bits per heavy atom. The third-order valence-corrected chi connectivity index (χ3v) is 4.89. The first-order valence-corrected chi connectivity index (χ1v) is 7.97. The van der Waals surface area contributed by atoms with E-state index in [1.165, 1.54) is 6.07 Å². The van der Waals surface area contributed by atoms with Gasteiger partial charge in [-0.3, -0.25) is 4.79 Å². The minimum Gasteiger partial charge on any atom is -0.307 e. The lowest BCUT2D eigenvalue weighted by atomic mass is 10.1. The number of carbonyl (C=O) groups is 1. The van der Waals surface area contributed by atoms with Crippen LogP contribution in [0.4, 0.5) is 14.5 Å². The fourth-order valence-corrected chi connectivity index (χ4v) is 3.60. The maximum absolute atomic E-state index is 13.4. The number of para-hydroxylation sites is 1. The van der Waals surface area contributed by atoms with E-state index in [0.29, 0.717) is 11.8 Å². The SMILES string of the molecule is CC1CCN(C(=O)c2ccc(F)c(F)c2)c2ccccc2S1. The summed E-state index contributed by atoms with van der Waals surface area (Å²) in [6.07, 6.45) is 0.842. The normalized spacial score (nSPS) is 17.8. The van der Waals surface area contributed by atoms with Gasteiger partial charge >= 0.3 is 0 Å². The van der Waals surface area contributed by atoms with Gasteiger partial charge in [0, 0.05) is 22.3 Å². The van der Waals surface area contributed by atoms with Crippen LogP contribution in [-0.2, 0) is 0 Å². The number of halogens is 2. The average Bonchev–Trinajstić information content (AvgIpc) is 2.67. The van der Waals surface area contributed by atoms with Gasteiger partial charge in [-0.2, -0.15) is 0 Å². The Bertz CT molecular complexity index is 720. The molecular weight excluding hydrogens is 304 g/mol. The largest absolute Gasteiger partial charge is 0.307 e. The third-order valence-electron chi connectivity index (χ3n) is 3.66. The van der Waals surface area contributed by atoms with Crippen LogP contribution in [0.25, 0.3) is 0 Å². The molecule has 1 aliphatic rings. The molecule has 0 fully saturated rings. The van der Waals surface area contributed by atoms with Crippen LogP contribution in [0, 0.1) is 11.6 Å².